The highest BCUT2D eigenvalue weighted by Gasteiger charge is 2.74. The molecule has 0 aromatic carbocycles. The van der Waals surface area contributed by atoms with Gasteiger partial charge in [-0.1, -0.05) is 41.5 Å². The van der Waals surface area contributed by atoms with E-state index in [1.54, 1.807) is 34.6 Å². The molecular formula is C30H38O8. The van der Waals surface area contributed by atoms with E-state index >= 15 is 0 Å². The van der Waals surface area contributed by atoms with E-state index in [0.717, 1.165) is 0 Å². The summed E-state index contributed by atoms with van der Waals surface area (Å²) in [4.78, 5) is 92.4. The van der Waals surface area contributed by atoms with Gasteiger partial charge >= 0.3 is 5.97 Å². The fraction of sp³-hybridized carbons (Fsp3) is 0.700. The summed E-state index contributed by atoms with van der Waals surface area (Å²) in [7, 11) is 0. The third-order valence-corrected chi connectivity index (χ3v) is 11.1. The molecule has 0 bridgehead atoms. The standard InChI is InChI=1S/C30H38O8/c1-14(10-16(31)11-15(2)26(37)38)17-12-21(34)30(7)22-18(32)13-19-27(3,4)20(33)8-9-28(19,5)23(22)24(35)25(36)29(17,30)6/h14-15,17,19H,8-13H2,1-7H3,(H,37,38)/t14?,15?,17-,19+,28?,29?,30?/m1/s1. The fourth-order valence-corrected chi connectivity index (χ4v) is 8.45. The number of aliphatic carboxylic acids is 1. The second-order valence-corrected chi connectivity index (χ2v) is 13.4. The summed E-state index contributed by atoms with van der Waals surface area (Å²) in [5, 5.41) is 9.15. The molecule has 0 aliphatic heterocycles. The monoisotopic (exact) mass is 526 g/mol. The second kappa shape index (κ2) is 8.62. The number of allylic oxidation sites excluding steroid dienone is 2. The van der Waals surface area contributed by atoms with E-state index in [1.165, 1.54) is 6.92 Å². The van der Waals surface area contributed by atoms with Gasteiger partial charge in [0.2, 0.25) is 11.6 Å². The predicted molar refractivity (Wildman–Crippen MR) is 136 cm³/mol. The van der Waals surface area contributed by atoms with Crippen molar-refractivity contribution in [3.05, 3.63) is 11.1 Å². The van der Waals surface area contributed by atoms with Crippen molar-refractivity contribution < 1.29 is 38.7 Å². The van der Waals surface area contributed by atoms with Crippen LogP contribution in [0.15, 0.2) is 11.1 Å². The number of fused-ring (bicyclic) bond motifs is 4. The fourth-order valence-electron chi connectivity index (χ4n) is 8.45. The normalized spacial score (nSPS) is 37.9. The molecular weight excluding hydrogens is 488 g/mol. The van der Waals surface area contributed by atoms with E-state index in [4.69, 9.17) is 5.11 Å². The maximum absolute atomic E-state index is 14.1. The Kier molecular flexibility index (Phi) is 6.40. The lowest BCUT2D eigenvalue weighted by atomic mass is 9.42. The number of hydrogen-bond donors (Lipinski definition) is 1. The Bertz CT molecular complexity index is 1240. The second-order valence-electron chi connectivity index (χ2n) is 13.4. The molecule has 0 spiro atoms. The van der Waals surface area contributed by atoms with E-state index in [1.807, 2.05) is 6.92 Å². The van der Waals surface area contributed by atoms with Crippen LogP contribution < -0.4 is 0 Å². The average Bonchev–Trinajstić information content (AvgIpc) is 3.03. The van der Waals surface area contributed by atoms with Crippen LogP contribution in [-0.2, 0) is 33.6 Å². The van der Waals surface area contributed by atoms with Crippen LogP contribution >= 0.6 is 0 Å². The number of rotatable bonds is 6. The van der Waals surface area contributed by atoms with E-state index in [-0.39, 0.29) is 66.4 Å². The first kappa shape index (κ1) is 28.2. The molecule has 0 amide bonds. The zero-order valence-corrected chi connectivity index (χ0v) is 23.4. The van der Waals surface area contributed by atoms with Gasteiger partial charge in [0.15, 0.2) is 5.78 Å². The summed E-state index contributed by atoms with van der Waals surface area (Å²) < 4.78 is 0. The minimum atomic E-state index is -1.51. The van der Waals surface area contributed by atoms with Crippen molar-refractivity contribution in [3.8, 4) is 0 Å². The van der Waals surface area contributed by atoms with Gasteiger partial charge < -0.3 is 5.11 Å². The van der Waals surface area contributed by atoms with E-state index in [9.17, 15) is 33.6 Å². The lowest BCUT2D eigenvalue weighted by Crippen LogP contribution is -2.62. The van der Waals surface area contributed by atoms with E-state index < -0.39 is 62.9 Å². The maximum atomic E-state index is 14.1. The van der Waals surface area contributed by atoms with Gasteiger partial charge in [-0.2, -0.15) is 0 Å². The Balaban J connectivity index is 1.81. The Morgan fingerprint density at radius 1 is 0.895 bits per heavy atom. The molecule has 0 aromatic heterocycles. The van der Waals surface area contributed by atoms with Crippen molar-refractivity contribution in [2.24, 2.45) is 45.3 Å². The van der Waals surface area contributed by atoms with Crippen LogP contribution in [0, 0.1) is 45.3 Å². The van der Waals surface area contributed by atoms with Crippen LogP contribution in [0.5, 0.6) is 0 Å². The van der Waals surface area contributed by atoms with Crippen LogP contribution in [0.4, 0.5) is 0 Å². The Morgan fingerprint density at radius 2 is 1.50 bits per heavy atom. The zero-order chi connectivity index (χ0) is 28.7. The van der Waals surface area contributed by atoms with Gasteiger partial charge in [0.1, 0.15) is 17.3 Å². The number of carboxylic acid groups (broad SMARTS) is 1. The molecule has 0 saturated heterocycles. The summed E-state index contributed by atoms with van der Waals surface area (Å²) in [6.07, 6.45) is 0.346. The van der Waals surface area contributed by atoms with Gasteiger partial charge in [0.05, 0.1) is 16.7 Å². The highest BCUT2D eigenvalue weighted by molar-refractivity contribution is 6.49. The number of Topliss-reactive ketones (excluding diaryl/α,β-unsaturated/α-hetero) is 6. The Hall–Kier alpha value is -2.77. The number of hydrogen-bond acceptors (Lipinski definition) is 7. The number of carbonyl (C=O) groups is 7. The average molecular weight is 527 g/mol. The lowest BCUT2D eigenvalue weighted by molar-refractivity contribution is -0.156. The van der Waals surface area contributed by atoms with Crippen molar-refractivity contribution in [1.82, 2.24) is 0 Å². The van der Waals surface area contributed by atoms with Crippen molar-refractivity contribution >= 4 is 40.7 Å². The van der Waals surface area contributed by atoms with E-state index in [0.29, 0.717) is 6.42 Å². The first-order valence-corrected chi connectivity index (χ1v) is 13.5. The van der Waals surface area contributed by atoms with Crippen molar-refractivity contribution in [3.63, 3.8) is 0 Å². The highest BCUT2D eigenvalue weighted by atomic mass is 16.4. The predicted octanol–water partition coefficient (Wildman–Crippen LogP) is 3.73. The summed E-state index contributed by atoms with van der Waals surface area (Å²) in [5.74, 6) is -5.89. The Morgan fingerprint density at radius 3 is 2.08 bits per heavy atom. The molecule has 1 N–H and O–H groups in total. The molecule has 4 rings (SSSR count). The first-order valence-electron chi connectivity index (χ1n) is 13.5. The molecule has 0 radical (unpaired) electrons. The van der Waals surface area contributed by atoms with Crippen LogP contribution in [0.2, 0.25) is 0 Å². The molecule has 4 aliphatic rings. The molecule has 38 heavy (non-hydrogen) atoms. The van der Waals surface area contributed by atoms with Gasteiger partial charge in [-0.05, 0) is 31.1 Å². The largest absolute Gasteiger partial charge is 0.481 e. The zero-order valence-electron chi connectivity index (χ0n) is 23.4. The smallest absolute Gasteiger partial charge is 0.306 e. The van der Waals surface area contributed by atoms with Gasteiger partial charge in [-0.3, -0.25) is 33.6 Å². The van der Waals surface area contributed by atoms with Crippen LogP contribution in [0.1, 0.15) is 87.0 Å². The molecule has 2 saturated carbocycles. The molecule has 5 unspecified atom stereocenters. The van der Waals surface area contributed by atoms with Crippen LogP contribution in [0.3, 0.4) is 0 Å². The van der Waals surface area contributed by atoms with Gasteiger partial charge in [0, 0.05) is 54.1 Å². The number of carbonyl (C=O) groups excluding carboxylic acids is 6. The molecule has 4 aliphatic carbocycles. The first-order chi connectivity index (χ1) is 17.4. The molecule has 8 heteroatoms. The lowest BCUT2D eigenvalue weighted by Gasteiger charge is -2.57. The molecule has 2 fully saturated rings. The quantitative estimate of drug-likeness (QED) is 0.517. The summed E-state index contributed by atoms with van der Waals surface area (Å²) in [6.45, 7) is 11.8. The third kappa shape index (κ3) is 3.44. The highest BCUT2D eigenvalue weighted by Crippen LogP contribution is 2.68. The molecule has 0 heterocycles. The summed E-state index contributed by atoms with van der Waals surface area (Å²) >= 11 is 0. The van der Waals surface area contributed by atoms with Gasteiger partial charge in [0.25, 0.3) is 0 Å². The van der Waals surface area contributed by atoms with Crippen molar-refractivity contribution in [2.45, 2.75) is 87.0 Å². The van der Waals surface area contributed by atoms with Crippen LogP contribution in [-0.4, -0.2) is 45.8 Å². The van der Waals surface area contributed by atoms with Crippen molar-refractivity contribution in [2.75, 3.05) is 0 Å². The summed E-state index contributed by atoms with van der Waals surface area (Å²) in [6, 6.07) is 0. The molecule has 206 valence electrons. The van der Waals surface area contributed by atoms with Gasteiger partial charge in [-0.25, -0.2) is 0 Å². The number of carboxylic acids is 1. The summed E-state index contributed by atoms with van der Waals surface area (Å²) in [5.41, 5.74) is -4.49. The SMILES string of the molecule is CC(CC(=O)CC(C)[C@H]1CC(=O)C2(C)C3=C(C(=O)C(=O)C12C)C1(C)CCC(=O)C(C)(C)[C@@H]1CC3=O)C(=O)O. The molecule has 7 atom stereocenters. The third-order valence-electron chi connectivity index (χ3n) is 11.1. The minimum absolute atomic E-state index is 0.0233. The Labute approximate surface area is 223 Å². The maximum Gasteiger partial charge on any atom is 0.306 e. The van der Waals surface area contributed by atoms with Gasteiger partial charge in [-0.15, -0.1) is 0 Å². The minimum Gasteiger partial charge on any atom is -0.481 e. The van der Waals surface area contributed by atoms with Crippen LogP contribution in [0.25, 0.3) is 0 Å². The number of ketones is 6. The van der Waals surface area contributed by atoms with Crippen molar-refractivity contribution in [1.29, 1.82) is 0 Å². The molecule has 0 aromatic rings. The topological polar surface area (TPSA) is 140 Å². The van der Waals surface area contributed by atoms with E-state index in [2.05, 4.69) is 0 Å². The molecule has 8 nitrogen and oxygen atoms in total.